The molecule has 0 atom stereocenters. The molecule has 0 spiro atoms. The Bertz CT molecular complexity index is 1100. The molecule has 2 aromatic carbocycles. The van der Waals surface area contributed by atoms with Gasteiger partial charge in [-0.2, -0.15) is 0 Å². The van der Waals surface area contributed by atoms with Crippen LogP contribution in [0.1, 0.15) is 0 Å². The van der Waals surface area contributed by atoms with Gasteiger partial charge in [-0.15, -0.1) is 0 Å². The van der Waals surface area contributed by atoms with E-state index in [2.05, 4.69) is 9.97 Å². The summed E-state index contributed by atoms with van der Waals surface area (Å²) in [5.74, 6) is 0. The van der Waals surface area contributed by atoms with Crippen LogP contribution < -0.4 is 10.7 Å². The molecule has 0 saturated heterocycles. The number of primary sulfonamides is 1. The van der Waals surface area contributed by atoms with E-state index in [4.69, 9.17) is 17.4 Å². The molecule has 0 unspecified atom stereocenters. The maximum Gasteiger partial charge on any atom is 0.260 e. The van der Waals surface area contributed by atoms with Gasteiger partial charge in [0.05, 0.1) is 16.2 Å². The first-order valence-electron chi connectivity index (χ1n) is 6.91. The Hall–Kier alpha value is -2.55. The van der Waals surface area contributed by atoms with E-state index in [1.54, 1.807) is 12.1 Å². The summed E-state index contributed by atoms with van der Waals surface area (Å²) in [4.78, 5) is 17.9. The van der Waals surface area contributed by atoms with Gasteiger partial charge in [0, 0.05) is 0 Å². The van der Waals surface area contributed by atoms with Gasteiger partial charge in [0.15, 0.2) is 4.77 Å². The fraction of sp³-hybridized carbons (Fsp3) is 0. The predicted molar refractivity (Wildman–Crippen MR) is 94.5 cm³/mol. The van der Waals surface area contributed by atoms with Crippen molar-refractivity contribution >= 4 is 22.2 Å². The van der Waals surface area contributed by atoms with Gasteiger partial charge in [0.2, 0.25) is 10.0 Å². The van der Waals surface area contributed by atoms with Crippen LogP contribution in [-0.4, -0.2) is 18.4 Å². The fourth-order valence-electron chi connectivity index (χ4n) is 2.39. The molecule has 122 valence electrons. The van der Waals surface area contributed by atoms with Crippen LogP contribution in [0.5, 0.6) is 0 Å². The number of aromatic amines is 2. The second-order valence-electron chi connectivity index (χ2n) is 5.09. The summed E-state index contributed by atoms with van der Waals surface area (Å²) in [6, 6.07) is 15.0. The van der Waals surface area contributed by atoms with Crippen LogP contribution in [0.2, 0.25) is 0 Å². The monoisotopic (exact) mass is 359 g/mol. The number of rotatable bonds is 3. The van der Waals surface area contributed by atoms with Gasteiger partial charge in [-0.25, -0.2) is 13.6 Å². The number of aromatic nitrogens is 2. The molecule has 0 aliphatic rings. The Morgan fingerprint density at radius 3 is 2.08 bits per heavy atom. The maximum absolute atomic E-state index is 12.4. The average molecular weight is 359 g/mol. The van der Waals surface area contributed by atoms with Gasteiger partial charge in [-0.1, -0.05) is 42.5 Å². The minimum Gasteiger partial charge on any atom is -0.331 e. The number of hydrogen-bond donors (Lipinski definition) is 3. The van der Waals surface area contributed by atoms with Crippen LogP contribution >= 0.6 is 12.2 Å². The van der Waals surface area contributed by atoms with Crippen molar-refractivity contribution in [2.45, 2.75) is 4.90 Å². The minimum absolute atomic E-state index is 0.00375. The van der Waals surface area contributed by atoms with E-state index in [1.165, 1.54) is 12.1 Å². The largest absolute Gasteiger partial charge is 0.331 e. The number of H-pyrrole nitrogens is 2. The smallest absolute Gasteiger partial charge is 0.260 e. The Balaban J connectivity index is 2.25. The molecular weight excluding hydrogens is 346 g/mol. The summed E-state index contributed by atoms with van der Waals surface area (Å²) in [6.45, 7) is 0. The lowest BCUT2D eigenvalue weighted by molar-refractivity contribution is 0.598. The summed E-state index contributed by atoms with van der Waals surface area (Å²) in [6.07, 6.45) is 0. The number of benzene rings is 2. The average Bonchev–Trinajstić information content (AvgIpc) is 2.54. The van der Waals surface area contributed by atoms with Crippen LogP contribution in [0, 0.1) is 4.77 Å². The second-order valence-corrected chi connectivity index (χ2v) is 7.06. The van der Waals surface area contributed by atoms with E-state index in [0.29, 0.717) is 16.8 Å². The molecule has 0 aliphatic carbocycles. The van der Waals surface area contributed by atoms with Gasteiger partial charge in [0.25, 0.3) is 5.56 Å². The minimum atomic E-state index is -3.78. The molecule has 3 aromatic rings. The highest BCUT2D eigenvalue weighted by molar-refractivity contribution is 7.89. The van der Waals surface area contributed by atoms with Crippen molar-refractivity contribution in [3.8, 4) is 22.4 Å². The number of nitrogens with one attached hydrogen (secondary N) is 2. The summed E-state index contributed by atoms with van der Waals surface area (Å²) in [5, 5.41) is 5.11. The van der Waals surface area contributed by atoms with Gasteiger partial charge in [-0.05, 0) is 35.5 Å². The summed E-state index contributed by atoms with van der Waals surface area (Å²) < 4.78 is 22.9. The van der Waals surface area contributed by atoms with Crippen molar-refractivity contribution in [1.29, 1.82) is 0 Å². The highest BCUT2D eigenvalue weighted by atomic mass is 32.2. The van der Waals surface area contributed by atoms with Gasteiger partial charge >= 0.3 is 0 Å². The number of sulfonamides is 1. The van der Waals surface area contributed by atoms with Crippen molar-refractivity contribution in [3.05, 3.63) is 69.7 Å². The highest BCUT2D eigenvalue weighted by Crippen LogP contribution is 2.27. The third-order valence-corrected chi connectivity index (χ3v) is 4.61. The zero-order valence-corrected chi connectivity index (χ0v) is 13.9. The van der Waals surface area contributed by atoms with Gasteiger partial charge < -0.3 is 4.98 Å². The van der Waals surface area contributed by atoms with E-state index >= 15 is 0 Å². The zero-order valence-electron chi connectivity index (χ0n) is 12.3. The Morgan fingerprint density at radius 2 is 1.50 bits per heavy atom. The fourth-order valence-corrected chi connectivity index (χ4v) is 3.10. The molecule has 0 fully saturated rings. The van der Waals surface area contributed by atoms with E-state index < -0.39 is 10.0 Å². The molecule has 8 heteroatoms. The molecule has 0 saturated carbocycles. The third kappa shape index (κ3) is 3.21. The van der Waals surface area contributed by atoms with E-state index in [9.17, 15) is 13.2 Å². The zero-order chi connectivity index (χ0) is 17.3. The molecule has 0 aliphatic heterocycles. The first-order chi connectivity index (χ1) is 11.4. The van der Waals surface area contributed by atoms with Crippen molar-refractivity contribution in [2.75, 3.05) is 0 Å². The lowest BCUT2D eigenvalue weighted by Crippen LogP contribution is -2.13. The predicted octanol–water partition coefficient (Wildman–Crippen LogP) is 2.41. The standard InChI is InChI=1S/C16H13N3O3S2/c17-24(21,22)12-8-6-11(7-9-12)14-13(10-4-2-1-3-5-10)15(20)19-16(23)18-14/h1-9H,(H2,17,21,22)(H2,18,19,20,23). The first kappa shape index (κ1) is 16.3. The van der Waals surface area contributed by atoms with Gasteiger partial charge in [0.1, 0.15) is 0 Å². The Kier molecular flexibility index (Phi) is 4.18. The molecule has 1 aromatic heterocycles. The lowest BCUT2D eigenvalue weighted by atomic mass is 10.0. The second kappa shape index (κ2) is 6.16. The van der Waals surface area contributed by atoms with E-state index in [1.807, 2.05) is 30.3 Å². The van der Waals surface area contributed by atoms with Crippen molar-refractivity contribution in [2.24, 2.45) is 5.14 Å². The molecule has 0 amide bonds. The molecule has 1 heterocycles. The molecule has 24 heavy (non-hydrogen) atoms. The van der Waals surface area contributed by atoms with Crippen LogP contribution in [0.25, 0.3) is 22.4 Å². The quantitative estimate of drug-likeness (QED) is 0.624. The highest BCUT2D eigenvalue weighted by Gasteiger charge is 2.14. The Morgan fingerprint density at radius 1 is 0.875 bits per heavy atom. The molecular formula is C16H13N3O3S2. The molecule has 0 radical (unpaired) electrons. The van der Waals surface area contributed by atoms with Crippen molar-refractivity contribution < 1.29 is 8.42 Å². The topological polar surface area (TPSA) is 109 Å². The molecule has 6 nitrogen and oxygen atoms in total. The Labute approximate surface area is 143 Å². The molecule has 4 N–H and O–H groups in total. The van der Waals surface area contributed by atoms with Crippen LogP contribution in [-0.2, 0) is 10.0 Å². The summed E-state index contributed by atoms with van der Waals surface area (Å²) in [5.41, 5.74) is 1.95. The molecule has 0 bridgehead atoms. The van der Waals surface area contributed by atoms with E-state index in [0.717, 1.165) is 5.56 Å². The lowest BCUT2D eigenvalue weighted by Gasteiger charge is -2.10. The molecule has 3 rings (SSSR count). The van der Waals surface area contributed by atoms with Crippen molar-refractivity contribution in [3.63, 3.8) is 0 Å². The van der Waals surface area contributed by atoms with Crippen LogP contribution in [0.15, 0.2) is 64.3 Å². The van der Waals surface area contributed by atoms with E-state index in [-0.39, 0.29) is 15.2 Å². The number of hydrogen-bond acceptors (Lipinski definition) is 4. The first-order valence-corrected chi connectivity index (χ1v) is 8.87. The van der Waals surface area contributed by atoms with Crippen molar-refractivity contribution in [1.82, 2.24) is 9.97 Å². The summed E-state index contributed by atoms with van der Waals surface area (Å²) in [7, 11) is -3.78. The number of nitrogens with two attached hydrogens (primary N) is 1. The third-order valence-electron chi connectivity index (χ3n) is 3.48. The van der Waals surface area contributed by atoms with Crippen LogP contribution in [0.3, 0.4) is 0 Å². The SMILES string of the molecule is NS(=O)(=O)c1ccc(-c2[nH]c(=S)[nH]c(=O)c2-c2ccccc2)cc1. The normalized spacial score (nSPS) is 11.4. The summed E-state index contributed by atoms with van der Waals surface area (Å²) >= 11 is 5.05. The van der Waals surface area contributed by atoms with Gasteiger partial charge in [-0.3, -0.25) is 9.78 Å². The van der Waals surface area contributed by atoms with Crippen LogP contribution in [0.4, 0.5) is 0 Å². The maximum atomic E-state index is 12.4.